The zero-order chi connectivity index (χ0) is 25.7. The number of ether oxygens (including phenoxy) is 1. The summed E-state index contributed by atoms with van der Waals surface area (Å²) >= 11 is 5.93. The third-order valence-electron chi connectivity index (χ3n) is 6.09. The Bertz CT molecular complexity index is 1120. The summed E-state index contributed by atoms with van der Waals surface area (Å²) in [6, 6.07) is 6.67. The van der Waals surface area contributed by atoms with Crippen LogP contribution in [0.3, 0.4) is 0 Å². The van der Waals surface area contributed by atoms with Gasteiger partial charge in [0.1, 0.15) is 10.6 Å². The van der Waals surface area contributed by atoms with Crippen molar-refractivity contribution in [1.82, 2.24) is 19.6 Å². The van der Waals surface area contributed by atoms with Crippen LogP contribution in [0.5, 0.6) is 0 Å². The van der Waals surface area contributed by atoms with Gasteiger partial charge in [0.25, 0.3) is 5.91 Å². The highest BCUT2D eigenvalue weighted by Crippen LogP contribution is 2.21. The highest BCUT2D eigenvalue weighted by Gasteiger charge is 2.30. The fourth-order valence-corrected chi connectivity index (χ4v) is 5.33. The summed E-state index contributed by atoms with van der Waals surface area (Å²) in [4.78, 5) is 41.7. The molecule has 1 unspecified atom stereocenters. The van der Waals surface area contributed by atoms with Gasteiger partial charge in [-0.05, 0) is 51.0 Å². The normalized spacial score (nSPS) is 16.6. The van der Waals surface area contributed by atoms with Crippen LogP contribution in [0.1, 0.15) is 52.6 Å². The van der Waals surface area contributed by atoms with Gasteiger partial charge in [-0.2, -0.15) is 5.10 Å². The highest BCUT2D eigenvalue weighted by molar-refractivity contribution is 7.84. The summed E-state index contributed by atoms with van der Waals surface area (Å²) in [5, 5.41) is 5.17. The van der Waals surface area contributed by atoms with Gasteiger partial charge in [0.05, 0.1) is 29.6 Å². The molecule has 190 valence electrons. The molecule has 1 aliphatic heterocycles. The fourth-order valence-electron chi connectivity index (χ4n) is 4.25. The molecule has 0 bridgehead atoms. The Balaban J connectivity index is 1.66. The molecule has 2 heterocycles. The minimum Gasteiger partial charge on any atom is -0.462 e. The zero-order valence-corrected chi connectivity index (χ0v) is 22.0. The summed E-state index contributed by atoms with van der Waals surface area (Å²) in [5.74, 6) is -0.771. The number of rotatable bonds is 8. The van der Waals surface area contributed by atoms with Gasteiger partial charge in [-0.25, -0.2) is 4.79 Å². The van der Waals surface area contributed by atoms with E-state index in [1.807, 2.05) is 0 Å². The first kappa shape index (κ1) is 26.9. The molecular weight excluding hydrogens is 492 g/mol. The molecule has 1 saturated heterocycles. The number of aromatic nitrogens is 2. The van der Waals surface area contributed by atoms with Crippen molar-refractivity contribution >= 4 is 40.2 Å². The number of benzene rings is 1. The number of hydrogen-bond donors (Lipinski definition) is 0. The molecule has 0 aliphatic carbocycles. The summed E-state index contributed by atoms with van der Waals surface area (Å²) in [7, 11) is 0.244. The van der Waals surface area contributed by atoms with E-state index >= 15 is 0 Å². The van der Waals surface area contributed by atoms with Crippen molar-refractivity contribution in [2.45, 2.75) is 50.7 Å². The number of piperidine rings is 1. The maximum atomic E-state index is 13.0. The summed E-state index contributed by atoms with van der Waals surface area (Å²) in [5.41, 5.74) is 1.17. The van der Waals surface area contributed by atoms with E-state index in [2.05, 4.69) is 5.10 Å². The monoisotopic (exact) mass is 522 g/mol. The molecule has 35 heavy (non-hydrogen) atoms. The molecular formula is C24H31ClN4O5S. The molecule has 1 fully saturated rings. The van der Waals surface area contributed by atoms with Crippen molar-refractivity contribution in [1.29, 1.82) is 0 Å². The Morgan fingerprint density at radius 2 is 1.94 bits per heavy atom. The lowest BCUT2D eigenvalue weighted by molar-refractivity contribution is -0.133. The predicted octanol–water partition coefficient (Wildman–Crippen LogP) is 2.91. The molecule has 0 radical (unpaired) electrons. The first-order valence-electron chi connectivity index (χ1n) is 11.5. The molecule has 0 saturated carbocycles. The van der Waals surface area contributed by atoms with E-state index in [1.165, 1.54) is 10.9 Å². The average molecular weight is 523 g/mol. The van der Waals surface area contributed by atoms with Gasteiger partial charge in [0.15, 0.2) is 0 Å². The number of likely N-dealkylation sites (tertiary alicyclic amines) is 1. The first-order valence-corrected chi connectivity index (χ1v) is 13.5. The Morgan fingerprint density at radius 3 is 2.57 bits per heavy atom. The molecule has 1 aromatic heterocycles. The second-order valence-electron chi connectivity index (χ2n) is 8.47. The summed E-state index contributed by atoms with van der Waals surface area (Å²) < 4.78 is 18.9. The zero-order valence-electron chi connectivity index (χ0n) is 20.5. The summed E-state index contributed by atoms with van der Waals surface area (Å²) in [6.45, 7) is 4.81. The van der Waals surface area contributed by atoms with Crippen LogP contribution < -0.4 is 0 Å². The van der Waals surface area contributed by atoms with Gasteiger partial charge in [-0.15, -0.1) is 0 Å². The van der Waals surface area contributed by atoms with E-state index in [4.69, 9.17) is 16.3 Å². The molecule has 2 atom stereocenters. The molecule has 9 nitrogen and oxygen atoms in total. The summed E-state index contributed by atoms with van der Waals surface area (Å²) in [6.07, 6.45) is 3.18. The number of halogens is 1. The molecule has 1 aromatic carbocycles. The Kier molecular flexibility index (Phi) is 9.07. The highest BCUT2D eigenvalue weighted by atomic mass is 35.5. The SMILES string of the molecule is CCOC(=O)c1c(C)nn(CCC(=O)N(C)[C@H]2CCCN(C(=O)c3ccc(Cl)cc3)C2)c1S(C)=O. The third-order valence-corrected chi connectivity index (χ3v) is 7.30. The van der Waals surface area contributed by atoms with Crippen LogP contribution in [0.15, 0.2) is 29.3 Å². The van der Waals surface area contributed by atoms with E-state index in [0.29, 0.717) is 29.4 Å². The molecule has 3 rings (SSSR count). The van der Waals surface area contributed by atoms with E-state index in [-0.39, 0.29) is 48.0 Å². The van der Waals surface area contributed by atoms with Crippen LogP contribution in [0, 0.1) is 6.92 Å². The van der Waals surface area contributed by atoms with Crippen LogP contribution in [-0.4, -0.2) is 80.6 Å². The van der Waals surface area contributed by atoms with Gasteiger partial charge in [0.2, 0.25) is 5.91 Å². The van der Waals surface area contributed by atoms with E-state index in [9.17, 15) is 18.6 Å². The van der Waals surface area contributed by atoms with E-state index < -0.39 is 16.8 Å². The maximum Gasteiger partial charge on any atom is 0.342 e. The number of carbonyl (C=O) groups is 3. The number of carbonyl (C=O) groups excluding carboxylic acids is 3. The Hall–Kier alpha value is -2.72. The maximum absolute atomic E-state index is 13.0. The number of esters is 1. The van der Waals surface area contributed by atoms with Crippen molar-refractivity contribution < 1.29 is 23.3 Å². The molecule has 0 N–H and O–H groups in total. The minimum absolute atomic E-state index is 0.0826. The lowest BCUT2D eigenvalue weighted by Gasteiger charge is -2.37. The van der Waals surface area contributed by atoms with Crippen LogP contribution in [0.4, 0.5) is 0 Å². The van der Waals surface area contributed by atoms with Gasteiger partial charge < -0.3 is 14.5 Å². The number of likely N-dealkylation sites (N-methyl/N-ethyl adjacent to an activating group) is 1. The number of aryl methyl sites for hydroxylation is 2. The van der Waals surface area contributed by atoms with Crippen molar-refractivity contribution in [2.24, 2.45) is 0 Å². The lowest BCUT2D eigenvalue weighted by Crippen LogP contribution is -2.50. The van der Waals surface area contributed by atoms with E-state index in [0.717, 1.165) is 12.8 Å². The van der Waals surface area contributed by atoms with E-state index in [1.54, 1.807) is 55.0 Å². The molecule has 1 aliphatic rings. The van der Waals surface area contributed by atoms with Crippen molar-refractivity contribution in [2.75, 3.05) is 33.0 Å². The lowest BCUT2D eigenvalue weighted by atomic mass is 10.0. The van der Waals surface area contributed by atoms with Gasteiger partial charge in [-0.1, -0.05) is 11.6 Å². The first-order chi connectivity index (χ1) is 16.6. The van der Waals surface area contributed by atoms with Crippen LogP contribution in [0.2, 0.25) is 5.02 Å². The van der Waals surface area contributed by atoms with Crippen LogP contribution >= 0.6 is 11.6 Å². The second-order valence-corrected chi connectivity index (χ2v) is 10.2. The van der Waals surface area contributed by atoms with Crippen molar-refractivity contribution in [3.8, 4) is 0 Å². The number of nitrogens with zero attached hydrogens (tertiary/aromatic N) is 4. The smallest absolute Gasteiger partial charge is 0.342 e. The quantitative estimate of drug-likeness (QED) is 0.494. The standard InChI is InChI=1S/C24H31ClN4O5S/c1-5-34-24(32)21-16(2)26-29(23(21)35(4)33)14-12-20(30)27(3)19-7-6-13-28(15-19)22(31)17-8-10-18(25)11-9-17/h8-11,19H,5-7,12-15H2,1-4H3/t19-,35?/m0/s1. The fraction of sp³-hybridized carbons (Fsp3) is 0.500. The topological polar surface area (TPSA) is 102 Å². The van der Waals surface area contributed by atoms with Crippen molar-refractivity contribution in [3.63, 3.8) is 0 Å². The number of amides is 2. The minimum atomic E-state index is -1.49. The molecule has 0 spiro atoms. The molecule has 2 aromatic rings. The molecule has 2 amide bonds. The van der Waals surface area contributed by atoms with Crippen LogP contribution in [-0.2, 0) is 26.9 Å². The van der Waals surface area contributed by atoms with Gasteiger partial charge in [0, 0.05) is 49.4 Å². The third kappa shape index (κ3) is 6.29. The molecule has 11 heteroatoms. The van der Waals surface area contributed by atoms with Crippen LogP contribution in [0.25, 0.3) is 0 Å². The van der Waals surface area contributed by atoms with Crippen molar-refractivity contribution in [3.05, 3.63) is 46.1 Å². The van der Waals surface area contributed by atoms with Gasteiger partial charge in [-0.3, -0.25) is 18.5 Å². The average Bonchev–Trinajstić information content (AvgIpc) is 3.18. The number of hydrogen-bond acceptors (Lipinski definition) is 6. The predicted molar refractivity (Wildman–Crippen MR) is 133 cm³/mol. The Labute approximate surface area is 212 Å². The van der Waals surface area contributed by atoms with Gasteiger partial charge >= 0.3 is 5.97 Å². The second kappa shape index (κ2) is 11.8. The largest absolute Gasteiger partial charge is 0.462 e. The Morgan fingerprint density at radius 1 is 1.26 bits per heavy atom.